The van der Waals surface area contributed by atoms with Crippen molar-refractivity contribution in [3.8, 4) is 5.75 Å². The van der Waals surface area contributed by atoms with E-state index >= 15 is 0 Å². The summed E-state index contributed by atoms with van der Waals surface area (Å²) in [4.78, 5) is 10.2. The fourth-order valence-electron chi connectivity index (χ4n) is 0.666. The highest BCUT2D eigenvalue weighted by Gasteiger charge is 2.09. The van der Waals surface area contributed by atoms with E-state index in [4.69, 9.17) is 5.11 Å². The highest BCUT2D eigenvalue weighted by atomic mass is 79.9. The number of carbonyl (C=O) groups excluding carboxylic acids is 1. The molecule has 1 aromatic carbocycles. The van der Waals surface area contributed by atoms with Crippen molar-refractivity contribution in [1.82, 2.24) is 0 Å². The molecule has 2 nitrogen and oxygen atoms in total. The number of benzene rings is 1. The first-order valence-corrected chi connectivity index (χ1v) is 3.58. The molecule has 0 atom stereocenters. The van der Waals surface area contributed by atoms with Crippen LogP contribution in [0.3, 0.4) is 0 Å². The van der Waals surface area contributed by atoms with Crippen LogP contribution in [0.5, 0.6) is 5.75 Å². The molecule has 1 N–H and O–H groups in total. The fourth-order valence-corrected chi connectivity index (χ4v) is 1.07. The minimum absolute atomic E-state index is 0.162. The van der Waals surface area contributed by atoms with Gasteiger partial charge in [0.1, 0.15) is 0 Å². The van der Waals surface area contributed by atoms with E-state index in [-0.39, 0.29) is 5.56 Å². The van der Waals surface area contributed by atoms with Gasteiger partial charge in [0, 0.05) is 4.47 Å². The Balaban J connectivity index is 3.40. The lowest BCUT2D eigenvalue weighted by atomic mass is 10.2. The SMILES string of the molecule is O=Cc1c(Br)ccc(O)c1F. The van der Waals surface area contributed by atoms with E-state index in [1.165, 1.54) is 12.1 Å². The summed E-state index contributed by atoms with van der Waals surface area (Å²) >= 11 is 2.96. The van der Waals surface area contributed by atoms with Gasteiger partial charge >= 0.3 is 0 Å². The number of hydrogen-bond donors (Lipinski definition) is 1. The second-order valence-electron chi connectivity index (χ2n) is 1.91. The highest BCUT2D eigenvalue weighted by Crippen LogP contribution is 2.24. The zero-order chi connectivity index (χ0) is 8.43. The third-order valence-electron chi connectivity index (χ3n) is 1.22. The Bertz CT molecular complexity index is 299. The van der Waals surface area contributed by atoms with Crippen LogP contribution in [-0.2, 0) is 0 Å². The first-order valence-electron chi connectivity index (χ1n) is 2.79. The summed E-state index contributed by atoms with van der Waals surface area (Å²) in [6.07, 6.45) is 0.346. The van der Waals surface area contributed by atoms with Gasteiger partial charge in [-0.2, -0.15) is 0 Å². The van der Waals surface area contributed by atoms with E-state index in [9.17, 15) is 9.18 Å². The largest absolute Gasteiger partial charge is 0.505 e. The summed E-state index contributed by atoms with van der Waals surface area (Å²) in [6, 6.07) is 2.58. The van der Waals surface area contributed by atoms with Crippen LogP contribution in [0, 0.1) is 5.82 Å². The minimum Gasteiger partial charge on any atom is -0.505 e. The van der Waals surface area contributed by atoms with E-state index < -0.39 is 11.6 Å². The number of phenols is 1. The zero-order valence-electron chi connectivity index (χ0n) is 5.34. The molecular weight excluding hydrogens is 215 g/mol. The van der Waals surface area contributed by atoms with Gasteiger partial charge in [0.05, 0.1) is 5.56 Å². The molecule has 0 saturated heterocycles. The van der Waals surface area contributed by atoms with Crippen molar-refractivity contribution in [1.29, 1.82) is 0 Å². The number of halogens is 2. The average Bonchev–Trinajstić information content (AvgIpc) is 1.99. The molecule has 0 saturated carbocycles. The number of carbonyl (C=O) groups is 1. The molecule has 0 heterocycles. The van der Waals surface area contributed by atoms with Gasteiger partial charge in [0.15, 0.2) is 17.9 Å². The van der Waals surface area contributed by atoms with Crippen molar-refractivity contribution >= 4 is 22.2 Å². The molecule has 0 fully saturated rings. The third-order valence-corrected chi connectivity index (χ3v) is 1.92. The summed E-state index contributed by atoms with van der Waals surface area (Å²) in [5.41, 5.74) is -0.162. The molecule has 4 heteroatoms. The third kappa shape index (κ3) is 1.40. The number of aromatic hydroxyl groups is 1. The molecule has 0 unspecified atom stereocenters. The standard InChI is InChI=1S/C7H4BrFO2/c8-5-1-2-6(11)7(9)4(5)3-10/h1-3,11H. The van der Waals surface area contributed by atoms with E-state index in [2.05, 4.69) is 15.9 Å². The van der Waals surface area contributed by atoms with Crippen LogP contribution in [0.4, 0.5) is 4.39 Å². The molecule has 0 aliphatic rings. The van der Waals surface area contributed by atoms with Gasteiger partial charge in [-0.25, -0.2) is 4.39 Å². The van der Waals surface area contributed by atoms with Crippen LogP contribution in [-0.4, -0.2) is 11.4 Å². The van der Waals surface area contributed by atoms with Gasteiger partial charge in [-0.1, -0.05) is 0 Å². The van der Waals surface area contributed by atoms with Gasteiger partial charge < -0.3 is 5.11 Å². The normalized spacial score (nSPS) is 9.64. The Kier molecular flexibility index (Phi) is 2.24. The van der Waals surface area contributed by atoms with Crippen LogP contribution in [0.15, 0.2) is 16.6 Å². The predicted molar refractivity (Wildman–Crippen MR) is 41.2 cm³/mol. The Hall–Kier alpha value is -0.900. The molecule has 0 amide bonds. The summed E-state index contributed by atoms with van der Waals surface area (Å²) in [6.45, 7) is 0. The van der Waals surface area contributed by atoms with Crippen molar-refractivity contribution < 1.29 is 14.3 Å². The van der Waals surface area contributed by atoms with E-state index in [1.54, 1.807) is 0 Å². The molecule has 11 heavy (non-hydrogen) atoms. The summed E-state index contributed by atoms with van der Waals surface area (Å²) in [5, 5.41) is 8.80. The maximum atomic E-state index is 12.8. The topological polar surface area (TPSA) is 37.3 Å². The second kappa shape index (κ2) is 3.00. The average molecular weight is 219 g/mol. The first-order chi connectivity index (χ1) is 5.16. The van der Waals surface area contributed by atoms with Crippen LogP contribution in [0.2, 0.25) is 0 Å². The molecule has 0 spiro atoms. The summed E-state index contributed by atoms with van der Waals surface area (Å²) < 4.78 is 13.1. The Morgan fingerprint density at radius 1 is 1.55 bits per heavy atom. The molecule has 1 aromatic rings. The van der Waals surface area contributed by atoms with Crippen LogP contribution < -0.4 is 0 Å². The van der Waals surface area contributed by atoms with Crippen molar-refractivity contribution in [3.63, 3.8) is 0 Å². The molecular formula is C7H4BrFO2. The van der Waals surface area contributed by atoms with Crippen molar-refractivity contribution in [2.75, 3.05) is 0 Å². The first kappa shape index (κ1) is 8.20. The maximum Gasteiger partial charge on any atom is 0.176 e. The molecule has 0 aliphatic carbocycles. The lowest BCUT2D eigenvalue weighted by Gasteiger charge is -1.99. The number of aldehydes is 1. The van der Waals surface area contributed by atoms with Gasteiger partial charge in [0.25, 0.3) is 0 Å². The molecule has 0 radical (unpaired) electrons. The highest BCUT2D eigenvalue weighted by molar-refractivity contribution is 9.10. The summed E-state index contributed by atoms with van der Waals surface area (Å²) in [7, 11) is 0. The van der Waals surface area contributed by atoms with Crippen LogP contribution in [0.25, 0.3) is 0 Å². The van der Waals surface area contributed by atoms with Gasteiger partial charge in [-0.05, 0) is 28.1 Å². The lowest BCUT2D eigenvalue weighted by Crippen LogP contribution is -1.89. The smallest absolute Gasteiger partial charge is 0.176 e. The van der Waals surface area contributed by atoms with Crippen molar-refractivity contribution in [2.45, 2.75) is 0 Å². The quantitative estimate of drug-likeness (QED) is 0.734. The number of phenolic OH excluding ortho intramolecular Hbond substituents is 1. The predicted octanol–water partition coefficient (Wildman–Crippen LogP) is 2.11. The van der Waals surface area contributed by atoms with Crippen molar-refractivity contribution in [2.24, 2.45) is 0 Å². The minimum atomic E-state index is -0.894. The van der Waals surface area contributed by atoms with E-state index in [1.807, 2.05) is 0 Å². The number of rotatable bonds is 1. The Morgan fingerprint density at radius 3 is 2.64 bits per heavy atom. The van der Waals surface area contributed by atoms with E-state index in [0.717, 1.165) is 0 Å². The number of hydrogen-bond acceptors (Lipinski definition) is 2. The Labute approximate surface area is 70.8 Å². The molecule has 58 valence electrons. The zero-order valence-corrected chi connectivity index (χ0v) is 6.93. The molecule has 0 aliphatic heterocycles. The lowest BCUT2D eigenvalue weighted by molar-refractivity contribution is 0.111. The van der Waals surface area contributed by atoms with Gasteiger partial charge in [-0.15, -0.1) is 0 Å². The van der Waals surface area contributed by atoms with Crippen LogP contribution >= 0.6 is 15.9 Å². The molecule has 0 aromatic heterocycles. The van der Waals surface area contributed by atoms with Gasteiger partial charge in [-0.3, -0.25) is 4.79 Å². The van der Waals surface area contributed by atoms with Crippen LogP contribution in [0.1, 0.15) is 10.4 Å². The molecule has 0 bridgehead atoms. The van der Waals surface area contributed by atoms with Gasteiger partial charge in [0.2, 0.25) is 0 Å². The maximum absolute atomic E-state index is 12.8. The van der Waals surface area contributed by atoms with Crippen molar-refractivity contribution in [3.05, 3.63) is 28.0 Å². The summed E-state index contributed by atoms with van der Waals surface area (Å²) in [5.74, 6) is -1.41. The Morgan fingerprint density at radius 2 is 2.18 bits per heavy atom. The fraction of sp³-hybridized carbons (Fsp3) is 0. The van der Waals surface area contributed by atoms with E-state index in [0.29, 0.717) is 10.8 Å². The second-order valence-corrected chi connectivity index (χ2v) is 2.77. The molecule has 1 rings (SSSR count). The monoisotopic (exact) mass is 218 g/mol.